The average molecular weight is 281 g/mol. The van der Waals surface area contributed by atoms with Crippen LogP contribution in [0.3, 0.4) is 0 Å². The maximum Gasteiger partial charge on any atom is 0.111 e. The van der Waals surface area contributed by atoms with Gasteiger partial charge in [0.2, 0.25) is 0 Å². The van der Waals surface area contributed by atoms with Crippen LogP contribution in [0.4, 0.5) is 0 Å². The normalized spacial score (nSPS) is 18.1. The number of hydrogen-bond acceptors (Lipinski definition) is 2. The standard InChI is InChI=1S/C14H17ClN2S/c1-4-9-17-13(18)14(2,3)12(16-17)10-5-7-11(15)8-6-10/h5-8H,4,9H2,1-3H3. The molecule has 0 atom stereocenters. The van der Waals surface area contributed by atoms with Crippen LogP contribution in [-0.2, 0) is 0 Å². The molecule has 0 unspecified atom stereocenters. The Bertz CT molecular complexity index is 491. The summed E-state index contributed by atoms with van der Waals surface area (Å²) in [5, 5.41) is 7.36. The highest BCUT2D eigenvalue weighted by Crippen LogP contribution is 2.33. The van der Waals surface area contributed by atoms with Crippen molar-refractivity contribution in [2.45, 2.75) is 27.2 Å². The summed E-state index contributed by atoms with van der Waals surface area (Å²) in [5.74, 6) is 0. The lowest BCUT2D eigenvalue weighted by Crippen LogP contribution is -2.33. The summed E-state index contributed by atoms with van der Waals surface area (Å²) in [7, 11) is 0. The van der Waals surface area contributed by atoms with Gasteiger partial charge in [0.1, 0.15) is 4.99 Å². The molecule has 1 aliphatic rings. The van der Waals surface area contributed by atoms with Crippen LogP contribution in [0, 0.1) is 5.41 Å². The zero-order valence-electron chi connectivity index (χ0n) is 10.9. The first-order valence-electron chi connectivity index (χ1n) is 6.14. The number of halogens is 1. The molecule has 1 aromatic rings. The molecule has 0 amide bonds. The number of hydrazone groups is 1. The molecule has 0 saturated carbocycles. The quantitative estimate of drug-likeness (QED) is 0.774. The van der Waals surface area contributed by atoms with Gasteiger partial charge in [-0.1, -0.05) is 42.9 Å². The number of nitrogens with zero attached hydrogens (tertiary/aromatic N) is 2. The highest BCUT2D eigenvalue weighted by Gasteiger charge is 2.39. The van der Waals surface area contributed by atoms with Gasteiger partial charge in [-0.15, -0.1) is 0 Å². The molecule has 1 heterocycles. The predicted octanol–water partition coefficient (Wildman–Crippen LogP) is 4.12. The summed E-state index contributed by atoms with van der Waals surface area (Å²) in [5.41, 5.74) is 1.92. The van der Waals surface area contributed by atoms with E-state index >= 15 is 0 Å². The van der Waals surface area contributed by atoms with Gasteiger partial charge in [0.05, 0.1) is 11.1 Å². The Morgan fingerprint density at radius 2 is 1.89 bits per heavy atom. The van der Waals surface area contributed by atoms with Gasteiger partial charge in [-0.2, -0.15) is 5.10 Å². The SMILES string of the molecule is CCCN1N=C(c2ccc(Cl)cc2)C(C)(C)C1=S. The smallest absolute Gasteiger partial charge is 0.111 e. The van der Waals surface area contributed by atoms with E-state index in [1.807, 2.05) is 29.3 Å². The summed E-state index contributed by atoms with van der Waals surface area (Å²) in [4.78, 5) is 0.898. The highest BCUT2D eigenvalue weighted by atomic mass is 35.5. The van der Waals surface area contributed by atoms with Crippen LogP contribution in [-0.4, -0.2) is 22.3 Å². The molecule has 0 aromatic heterocycles. The molecule has 18 heavy (non-hydrogen) atoms. The van der Waals surface area contributed by atoms with Gasteiger partial charge in [0.15, 0.2) is 0 Å². The highest BCUT2D eigenvalue weighted by molar-refractivity contribution is 7.80. The van der Waals surface area contributed by atoms with Crippen LogP contribution in [0.2, 0.25) is 5.02 Å². The Labute approximate surface area is 119 Å². The van der Waals surface area contributed by atoms with Crippen molar-refractivity contribution in [3.05, 3.63) is 34.9 Å². The fourth-order valence-corrected chi connectivity index (χ4v) is 2.46. The zero-order valence-corrected chi connectivity index (χ0v) is 12.5. The van der Waals surface area contributed by atoms with E-state index in [0.29, 0.717) is 0 Å². The summed E-state index contributed by atoms with van der Waals surface area (Å²) in [6.45, 7) is 7.25. The Hall–Kier alpha value is -0.930. The van der Waals surface area contributed by atoms with E-state index < -0.39 is 0 Å². The molecule has 0 aliphatic carbocycles. The second-order valence-electron chi connectivity index (χ2n) is 5.01. The van der Waals surface area contributed by atoms with E-state index in [-0.39, 0.29) is 5.41 Å². The van der Waals surface area contributed by atoms with E-state index in [9.17, 15) is 0 Å². The van der Waals surface area contributed by atoms with Gasteiger partial charge in [-0.3, -0.25) is 5.01 Å². The average Bonchev–Trinajstić information content (AvgIpc) is 2.55. The van der Waals surface area contributed by atoms with Gasteiger partial charge in [-0.05, 0) is 38.0 Å². The Morgan fingerprint density at radius 1 is 1.28 bits per heavy atom. The maximum absolute atomic E-state index is 5.92. The van der Waals surface area contributed by atoms with E-state index in [2.05, 4.69) is 25.9 Å². The molecular formula is C14H17ClN2S. The topological polar surface area (TPSA) is 15.6 Å². The lowest BCUT2D eigenvalue weighted by Gasteiger charge is -2.22. The van der Waals surface area contributed by atoms with E-state index in [1.54, 1.807) is 0 Å². The van der Waals surface area contributed by atoms with Crippen molar-refractivity contribution >= 4 is 34.5 Å². The summed E-state index contributed by atoms with van der Waals surface area (Å²) in [6, 6.07) is 7.78. The summed E-state index contributed by atoms with van der Waals surface area (Å²) in [6.07, 6.45) is 1.04. The van der Waals surface area contributed by atoms with E-state index in [4.69, 9.17) is 23.8 Å². The Kier molecular flexibility index (Phi) is 3.74. The minimum absolute atomic E-state index is 0.196. The maximum atomic E-state index is 5.92. The van der Waals surface area contributed by atoms with E-state index in [1.165, 1.54) is 0 Å². The van der Waals surface area contributed by atoms with Crippen molar-refractivity contribution in [2.75, 3.05) is 6.54 Å². The van der Waals surface area contributed by atoms with Crippen LogP contribution in [0.15, 0.2) is 29.4 Å². The second kappa shape index (κ2) is 4.98. The molecule has 0 fully saturated rings. The lowest BCUT2D eigenvalue weighted by atomic mass is 9.84. The predicted molar refractivity (Wildman–Crippen MR) is 81.4 cm³/mol. The zero-order chi connectivity index (χ0) is 13.3. The van der Waals surface area contributed by atoms with Crippen molar-refractivity contribution in [1.29, 1.82) is 0 Å². The third-order valence-corrected chi connectivity index (χ3v) is 4.11. The number of thiocarbonyl (C=S) groups is 1. The minimum atomic E-state index is -0.196. The summed E-state index contributed by atoms with van der Waals surface area (Å²) >= 11 is 11.5. The first-order valence-corrected chi connectivity index (χ1v) is 6.92. The van der Waals surface area contributed by atoms with Crippen molar-refractivity contribution in [2.24, 2.45) is 10.5 Å². The van der Waals surface area contributed by atoms with Gasteiger partial charge < -0.3 is 0 Å². The minimum Gasteiger partial charge on any atom is -0.258 e. The number of benzene rings is 1. The molecular weight excluding hydrogens is 264 g/mol. The summed E-state index contributed by atoms with van der Waals surface area (Å²) < 4.78 is 0. The fraction of sp³-hybridized carbons (Fsp3) is 0.429. The van der Waals surface area contributed by atoms with Gasteiger partial charge in [0.25, 0.3) is 0 Å². The molecule has 2 rings (SSSR count). The number of rotatable bonds is 3. The van der Waals surface area contributed by atoms with Gasteiger partial charge in [0, 0.05) is 11.6 Å². The fourth-order valence-electron chi connectivity index (χ4n) is 2.10. The molecule has 0 bridgehead atoms. The lowest BCUT2D eigenvalue weighted by molar-refractivity contribution is 0.448. The largest absolute Gasteiger partial charge is 0.258 e. The van der Waals surface area contributed by atoms with Gasteiger partial charge in [-0.25, -0.2) is 0 Å². The Morgan fingerprint density at radius 3 is 2.44 bits per heavy atom. The molecule has 4 heteroatoms. The Balaban J connectivity index is 2.39. The van der Waals surface area contributed by atoms with Crippen LogP contribution in [0.5, 0.6) is 0 Å². The number of hydrogen-bond donors (Lipinski definition) is 0. The van der Waals surface area contributed by atoms with Crippen LogP contribution in [0.25, 0.3) is 0 Å². The molecule has 0 saturated heterocycles. The molecule has 0 N–H and O–H groups in total. The van der Waals surface area contributed by atoms with E-state index in [0.717, 1.165) is 34.3 Å². The van der Waals surface area contributed by atoms with Crippen molar-refractivity contribution in [3.63, 3.8) is 0 Å². The molecule has 0 radical (unpaired) electrons. The first-order chi connectivity index (χ1) is 8.46. The second-order valence-corrected chi connectivity index (χ2v) is 5.83. The van der Waals surface area contributed by atoms with Crippen molar-refractivity contribution in [3.8, 4) is 0 Å². The monoisotopic (exact) mass is 280 g/mol. The molecule has 1 aromatic carbocycles. The molecule has 1 aliphatic heterocycles. The van der Waals surface area contributed by atoms with Gasteiger partial charge >= 0.3 is 0 Å². The third kappa shape index (κ3) is 2.29. The van der Waals surface area contributed by atoms with Crippen LogP contribution < -0.4 is 0 Å². The molecule has 96 valence electrons. The molecule has 2 nitrogen and oxygen atoms in total. The molecule has 0 spiro atoms. The van der Waals surface area contributed by atoms with Crippen molar-refractivity contribution in [1.82, 2.24) is 5.01 Å². The van der Waals surface area contributed by atoms with Crippen molar-refractivity contribution < 1.29 is 0 Å². The first kappa shape index (κ1) is 13.5. The third-order valence-electron chi connectivity index (χ3n) is 3.13. The van der Waals surface area contributed by atoms with Crippen LogP contribution >= 0.6 is 23.8 Å². The van der Waals surface area contributed by atoms with Crippen LogP contribution in [0.1, 0.15) is 32.8 Å².